The fourth-order valence-electron chi connectivity index (χ4n) is 11.4. The van der Waals surface area contributed by atoms with E-state index in [1.54, 1.807) is 25.3 Å². The third kappa shape index (κ3) is 14.2. The zero-order chi connectivity index (χ0) is 62.1. The Balaban J connectivity index is 0.000000118. The smallest absolute Gasteiger partial charge is 0.138 e. The number of hydrogen-bond donors (Lipinski definition) is 3. The van der Waals surface area contributed by atoms with Gasteiger partial charge >= 0.3 is 0 Å². The first-order valence-electron chi connectivity index (χ1n) is 30.3. The highest BCUT2D eigenvalue weighted by Gasteiger charge is 2.32. The monoisotopic (exact) mass is 1190 g/mol. The van der Waals surface area contributed by atoms with E-state index in [4.69, 9.17) is 18.0 Å². The highest BCUT2D eigenvalue weighted by atomic mass is 28.3. The van der Waals surface area contributed by atoms with Gasteiger partial charge in [0.1, 0.15) is 56.5 Å². The lowest BCUT2D eigenvalue weighted by atomic mass is 10.0. The number of aromatic hydroxyl groups is 3. The van der Waals surface area contributed by atoms with E-state index < -0.39 is 8.07 Å². The van der Waals surface area contributed by atoms with Crippen LogP contribution >= 0.6 is 0 Å². The van der Waals surface area contributed by atoms with Crippen molar-refractivity contribution >= 4 is 79.1 Å². The van der Waals surface area contributed by atoms with Gasteiger partial charge in [-0.25, -0.2) is 0 Å². The van der Waals surface area contributed by atoms with Gasteiger partial charge in [-0.1, -0.05) is 275 Å². The molecule has 0 amide bonds. The summed E-state index contributed by atoms with van der Waals surface area (Å²) in [6.07, 6.45) is 0. The Labute approximate surface area is 522 Å². The molecule has 3 N–H and O–H groups in total. The van der Waals surface area contributed by atoms with Crippen molar-refractivity contribution in [3.63, 3.8) is 0 Å². The third-order valence-corrected chi connectivity index (χ3v) is 22.1. The van der Waals surface area contributed by atoms with E-state index in [1.165, 1.54) is 61.2 Å². The molecule has 0 aliphatic heterocycles. The predicted octanol–water partition coefficient (Wildman–Crippen LogP) is 22.3. The number of ether oxygens (including phenoxy) is 1. The van der Waals surface area contributed by atoms with Crippen molar-refractivity contribution in [3.05, 3.63) is 296 Å². The maximum absolute atomic E-state index is 9.85. The highest BCUT2D eigenvalue weighted by molar-refractivity contribution is 6.93. The largest absolute Gasteiger partial charge is 0.507 e. The summed E-state index contributed by atoms with van der Waals surface area (Å²) in [5, 5.41) is 37.9. The fraction of sp³-hybridized carbons (Fsp3) is 0.111. The summed E-state index contributed by atoms with van der Waals surface area (Å²) in [5.74, 6) is 1.77. The molecule has 12 aromatic carbocycles. The summed E-state index contributed by atoms with van der Waals surface area (Å²) >= 11 is 0. The predicted molar refractivity (Wildman–Crippen MR) is 375 cm³/mol. The Bertz CT molecular complexity index is 4690. The van der Waals surface area contributed by atoms with Crippen LogP contribution in [0.15, 0.2) is 298 Å². The number of hydrogen-bond acceptors (Lipinski definition) is 7. The van der Waals surface area contributed by atoms with E-state index >= 15 is 0 Å². The molecular formula is C81H74O7Si. The van der Waals surface area contributed by atoms with E-state index in [0.29, 0.717) is 11.5 Å². The molecule has 0 fully saturated rings. The van der Waals surface area contributed by atoms with Gasteiger partial charge in [0.15, 0.2) is 0 Å². The standard InChI is InChI=1S/C18H22OSi.C13H12O2.C13H10O.C13H12O.C12H8O.C12H10O/c1-4-20(5-2,6-3)17-13-9-11-15-14-10-7-8-12-16(14)19-18(15)17;1-15-11-6-4-5-10(9-11)12-7-2-3-8-13(12)14;1-9-5-4-7-11-10-6-2-3-8-12(10)14-13(9)11;1-10-6-5-9-12(13(10)14)11-7-3-2-4-8-11;1-3-7-11-9(5-1)10-6-2-4-8-12(10)13-11;13-12-9-5-4-8-11(12)10-6-2-1-3-7-10/h7-13H,4-6H2,1-3H3;2-9,14H,1H3;2-8H,1H3;2-9,14H,1H3;1-8H;1-9,13H. The van der Waals surface area contributed by atoms with Gasteiger partial charge in [0.05, 0.1) is 15.2 Å². The lowest BCUT2D eigenvalue weighted by molar-refractivity contribution is 0.415. The van der Waals surface area contributed by atoms with Gasteiger partial charge < -0.3 is 33.3 Å². The zero-order valence-corrected chi connectivity index (χ0v) is 52.2. The van der Waals surface area contributed by atoms with E-state index in [1.807, 2.05) is 195 Å². The van der Waals surface area contributed by atoms with Gasteiger partial charge in [-0.15, -0.1) is 0 Å². The average molecular weight is 1190 g/mol. The Morgan fingerprint density at radius 3 is 1.20 bits per heavy atom. The maximum atomic E-state index is 9.85. The van der Waals surface area contributed by atoms with Gasteiger partial charge in [-0.2, -0.15) is 0 Å². The summed E-state index contributed by atoms with van der Waals surface area (Å²) in [4.78, 5) is 0. The number of phenols is 3. The molecule has 15 rings (SSSR count). The molecule has 0 atom stereocenters. The molecule has 444 valence electrons. The van der Waals surface area contributed by atoms with Crippen molar-refractivity contribution < 1.29 is 33.3 Å². The molecule has 7 nitrogen and oxygen atoms in total. The van der Waals surface area contributed by atoms with Crippen molar-refractivity contribution in [3.8, 4) is 56.4 Å². The fourth-order valence-corrected chi connectivity index (χ4v) is 15.2. The van der Waals surface area contributed by atoms with Crippen LogP contribution in [-0.2, 0) is 0 Å². The van der Waals surface area contributed by atoms with Crippen molar-refractivity contribution in [2.45, 2.75) is 52.8 Å². The summed E-state index contributed by atoms with van der Waals surface area (Å²) < 4.78 is 22.8. The Morgan fingerprint density at radius 1 is 0.326 bits per heavy atom. The minimum atomic E-state index is -1.41. The van der Waals surface area contributed by atoms with Crippen molar-refractivity contribution in [1.29, 1.82) is 0 Å². The van der Waals surface area contributed by atoms with Crippen LogP contribution in [0.5, 0.6) is 23.0 Å². The molecule has 0 saturated carbocycles. The number of phenolic OH excluding ortho intramolecular Hbond substituents is 3. The molecule has 3 aromatic heterocycles. The van der Waals surface area contributed by atoms with Gasteiger partial charge in [-0.3, -0.25) is 0 Å². The van der Waals surface area contributed by atoms with Crippen molar-refractivity contribution in [1.82, 2.24) is 0 Å². The van der Waals surface area contributed by atoms with Crippen LogP contribution in [0.2, 0.25) is 18.1 Å². The van der Waals surface area contributed by atoms with Crippen LogP contribution in [0.25, 0.3) is 99.2 Å². The molecule has 15 aromatic rings. The van der Waals surface area contributed by atoms with E-state index in [2.05, 4.69) is 107 Å². The first kappa shape index (κ1) is 61.5. The average Bonchev–Trinajstić information content (AvgIpc) is 1.87. The summed E-state index contributed by atoms with van der Waals surface area (Å²) in [6, 6.07) is 97.3. The van der Waals surface area contributed by atoms with Crippen LogP contribution in [0.1, 0.15) is 31.9 Å². The molecule has 0 radical (unpaired) electrons. The summed E-state index contributed by atoms with van der Waals surface area (Å²) in [7, 11) is 0.214. The van der Waals surface area contributed by atoms with Gasteiger partial charge in [0.2, 0.25) is 0 Å². The van der Waals surface area contributed by atoms with Gasteiger partial charge in [-0.05, 0) is 95.4 Å². The molecule has 3 heterocycles. The number of fused-ring (bicyclic) bond motifs is 9. The SMILES string of the molecule is CC[Si](CC)(CC)c1cccc2c1oc1ccccc12.COc1cccc(-c2ccccc2O)c1.Cc1cccc(-c2ccccc2)c1O.Cc1cccc2c1oc1ccccc12.Oc1ccccc1-c1ccccc1.c1ccc2c(c1)oc1ccccc12. The Morgan fingerprint density at radius 2 is 0.685 bits per heavy atom. The number of furan rings is 3. The van der Waals surface area contributed by atoms with Gasteiger partial charge in [0.25, 0.3) is 0 Å². The molecular weight excluding hydrogens is 1110 g/mol. The summed E-state index contributed by atoms with van der Waals surface area (Å²) in [6.45, 7) is 11.0. The normalized spacial score (nSPS) is 10.9. The minimum absolute atomic E-state index is 0.283. The van der Waals surface area contributed by atoms with Crippen LogP contribution in [0, 0.1) is 13.8 Å². The molecule has 0 aliphatic rings. The van der Waals surface area contributed by atoms with Gasteiger partial charge in [0, 0.05) is 49.0 Å². The molecule has 8 heteroatoms. The quantitative estimate of drug-likeness (QED) is 0.130. The highest BCUT2D eigenvalue weighted by Crippen LogP contribution is 2.35. The number of aryl methyl sites for hydroxylation is 2. The molecule has 0 aliphatic carbocycles. The lowest BCUT2D eigenvalue weighted by Gasteiger charge is -2.28. The second-order valence-corrected chi connectivity index (χ2v) is 27.0. The lowest BCUT2D eigenvalue weighted by Crippen LogP contribution is -2.45. The van der Waals surface area contributed by atoms with Crippen LogP contribution in [0.4, 0.5) is 0 Å². The number of methoxy groups -OCH3 is 1. The minimum Gasteiger partial charge on any atom is -0.507 e. The zero-order valence-electron chi connectivity index (χ0n) is 51.2. The maximum Gasteiger partial charge on any atom is 0.138 e. The van der Waals surface area contributed by atoms with Crippen LogP contribution < -0.4 is 9.92 Å². The van der Waals surface area contributed by atoms with Crippen molar-refractivity contribution in [2.24, 2.45) is 0 Å². The number of rotatable bonds is 8. The first-order chi connectivity index (χ1) is 43.5. The molecule has 0 saturated heterocycles. The molecule has 89 heavy (non-hydrogen) atoms. The van der Waals surface area contributed by atoms with Crippen LogP contribution in [-0.4, -0.2) is 30.5 Å². The molecule has 0 unspecified atom stereocenters. The van der Waals surface area contributed by atoms with Crippen molar-refractivity contribution in [2.75, 3.05) is 7.11 Å². The second-order valence-electron chi connectivity index (χ2n) is 21.7. The second kappa shape index (κ2) is 29.2. The summed E-state index contributed by atoms with van der Waals surface area (Å²) in [5.41, 5.74) is 13.8. The molecule has 0 bridgehead atoms. The van der Waals surface area contributed by atoms with Crippen LogP contribution in [0.3, 0.4) is 0 Å². The van der Waals surface area contributed by atoms with E-state index in [0.717, 1.165) is 78.2 Å². The topological polar surface area (TPSA) is 109 Å². The molecule has 0 spiro atoms. The number of benzene rings is 12. The Kier molecular flexibility index (Phi) is 20.2. The third-order valence-electron chi connectivity index (χ3n) is 16.5. The first-order valence-corrected chi connectivity index (χ1v) is 32.9. The number of para-hydroxylation sites is 9. The van der Waals surface area contributed by atoms with E-state index in [-0.39, 0.29) is 5.75 Å². The van der Waals surface area contributed by atoms with E-state index in [9.17, 15) is 15.3 Å². The Hall–Kier alpha value is -10.5.